The molecule has 0 aliphatic rings. The van der Waals surface area contributed by atoms with Crippen LogP contribution in [-0.2, 0) is 10.5 Å². The number of benzene rings is 2. The van der Waals surface area contributed by atoms with Gasteiger partial charge < -0.3 is 5.32 Å². The summed E-state index contributed by atoms with van der Waals surface area (Å²) in [7, 11) is 0. The second-order valence-corrected chi connectivity index (χ2v) is 6.06. The number of amides is 1. The van der Waals surface area contributed by atoms with Gasteiger partial charge in [-0.3, -0.25) is 4.79 Å². The lowest BCUT2D eigenvalue weighted by molar-refractivity contribution is -0.113. The standard InChI is InChI=1S/C16H15ClFNOS/c1-11-2-6-14(7-3-11)19-16(20)10-21-9-12-4-5-13(17)8-15(12)18/h2-8H,9-10H2,1H3,(H,19,20). The Kier molecular flexibility index (Phi) is 5.65. The summed E-state index contributed by atoms with van der Waals surface area (Å²) in [6, 6.07) is 12.2. The van der Waals surface area contributed by atoms with Crippen molar-refractivity contribution in [2.24, 2.45) is 0 Å². The topological polar surface area (TPSA) is 29.1 Å². The van der Waals surface area contributed by atoms with Crippen molar-refractivity contribution in [2.45, 2.75) is 12.7 Å². The highest BCUT2D eigenvalue weighted by Gasteiger charge is 2.06. The Morgan fingerprint density at radius 3 is 2.62 bits per heavy atom. The van der Waals surface area contributed by atoms with Crippen molar-refractivity contribution in [3.05, 3.63) is 64.4 Å². The summed E-state index contributed by atoms with van der Waals surface area (Å²) in [4.78, 5) is 11.8. The molecule has 0 aromatic heterocycles. The summed E-state index contributed by atoms with van der Waals surface area (Å²) in [6.45, 7) is 1.99. The van der Waals surface area contributed by atoms with E-state index in [0.29, 0.717) is 16.3 Å². The van der Waals surface area contributed by atoms with Gasteiger partial charge in [0.2, 0.25) is 5.91 Å². The minimum atomic E-state index is -0.339. The molecule has 0 unspecified atom stereocenters. The van der Waals surface area contributed by atoms with Crippen molar-refractivity contribution in [1.82, 2.24) is 0 Å². The smallest absolute Gasteiger partial charge is 0.234 e. The molecule has 0 heterocycles. The molecular weight excluding hydrogens is 309 g/mol. The van der Waals surface area contributed by atoms with Crippen molar-refractivity contribution >= 4 is 35.0 Å². The number of thioether (sulfide) groups is 1. The predicted octanol–water partition coefficient (Wildman–Crippen LogP) is 4.66. The van der Waals surface area contributed by atoms with Gasteiger partial charge in [0.1, 0.15) is 5.82 Å². The molecule has 2 rings (SSSR count). The van der Waals surface area contributed by atoms with Crippen molar-refractivity contribution in [3.8, 4) is 0 Å². The quantitative estimate of drug-likeness (QED) is 0.867. The van der Waals surface area contributed by atoms with Crippen molar-refractivity contribution in [3.63, 3.8) is 0 Å². The highest BCUT2D eigenvalue weighted by atomic mass is 35.5. The molecule has 2 aromatic rings. The van der Waals surface area contributed by atoms with Gasteiger partial charge in [-0.05, 0) is 36.8 Å². The largest absolute Gasteiger partial charge is 0.325 e. The normalized spacial score (nSPS) is 10.4. The van der Waals surface area contributed by atoms with E-state index < -0.39 is 0 Å². The van der Waals surface area contributed by atoms with E-state index in [1.165, 1.54) is 17.8 Å². The van der Waals surface area contributed by atoms with E-state index >= 15 is 0 Å². The molecule has 2 aromatic carbocycles. The minimum Gasteiger partial charge on any atom is -0.325 e. The van der Waals surface area contributed by atoms with Crippen LogP contribution < -0.4 is 5.32 Å². The fourth-order valence-electron chi connectivity index (χ4n) is 1.73. The Labute approximate surface area is 132 Å². The maximum absolute atomic E-state index is 13.6. The highest BCUT2D eigenvalue weighted by molar-refractivity contribution is 7.99. The molecular formula is C16H15ClFNOS. The molecule has 0 saturated heterocycles. The third kappa shape index (κ3) is 5.06. The van der Waals surface area contributed by atoms with Crippen LogP contribution in [0.3, 0.4) is 0 Å². The first-order valence-electron chi connectivity index (χ1n) is 6.43. The van der Waals surface area contributed by atoms with Crippen LogP contribution >= 0.6 is 23.4 Å². The van der Waals surface area contributed by atoms with E-state index in [2.05, 4.69) is 5.32 Å². The lowest BCUT2D eigenvalue weighted by atomic mass is 10.2. The van der Waals surface area contributed by atoms with Crippen LogP contribution in [-0.4, -0.2) is 11.7 Å². The van der Waals surface area contributed by atoms with Crippen molar-refractivity contribution in [2.75, 3.05) is 11.1 Å². The zero-order valence-electron chi connectivity index (χ0n) is 11.5. The lowest BCUT2D eigenvalue weighted by Gasteiger charge is -2.06. The molecule has 2 nitrogen and oxygen atoms in total. The first-order valence-corrected chi connectivity index (χ1v) is 7.96. The first kappa shape index (κ1) is 15.9. The third-order valence-electron chi connectivity index (χ3n) is 2.84. The molecule has 1 amide bonds. The molecule has 0 bridgehead atoms. The van der Waals surface area contributed by atoms with Crippen LogP contribution in [0.1, 0.15) is 11.1 Å². The van der Waals surface area contributed by atoms with Gasteiger partial charge in [0.05, 0.1) is 5.75 Å². The summed E-state index contributed by atoms with van der Waals surface area (Å²) >= 11 is 7.05. The van der Waals surface area contributed by atoms with Crippen molar-refractivity contribution in [1.29, 1.82) is 0 Å². The highest BCUT2D eigenvalue weighted by Crippen LogP contribution is 2.19. The van der Waals surface area contributed by atoms with Crippen LogP contribution in [0, 0.1) is 12.7 Å². The number of carbonyl (C=O) groups is 1. The number of carbonyl (C=O) groups excluding carboxylic acids is 1. The van der Waals surface area contributed by atoms with E-state index in [1.807, 2.05) is 31.2 Å². The molecule has 0 aliphatic heterocycles. The van der Waals surface area contributed by atoms with Gasteiger partial charge in [0.15, 0.2) is 0 Å². The molecule has 0 spiro atoms. The fourth-order valence-corrected chi connectivity index (χ4v) is 2.70. The fraction of sp³-hybridized carbons (Fsp3) is 0.188. The Hall–Kier alpha value is -1.52. The molecule has 0 fully saturated rings. The molecule has 110 valence electrons. The molecule has 5 heteroatoms. The SMILES string of the molecule is Cc1ccc(NC(=O)CSCc2ccc(Cl)cc2F)cc1. The van der Waals surface area contributed by atoms with Gasteiger partial charge >= 0.3 is 0 Å². The average Bonchev–Trinajstić information content (AvgIpc) is 2.44. The Morgan fingerprint density at radius 2 is 1.95 bits per heavy atom. The van der Waals surface area contributed by atoms with E-state index in [4.69, 9.17) is 11.6 Å². The van der Waals surface area contributed by atoms with E-state index in [0.717, 1.165) is 11.3 Å². The van der Waals surface area contributed by atoms with Crippen molar-refractivity contribution < 1.29 is 9.18 Å². The molecule has 0 atom stereocenters. The van der Waals surface area contributed by atoms with Gasteiger partial charge in [-0.15, -0.1) is 11.8 Å². The second-order valence-electron chi connectivity index (χ2n) is 4.64. The van der Waals surface area contributed by atoms with Crippen LogP contribution in [0.15, 0.2) is 42.5 Å². The van der Waals surface area contributed by atoms with Gasteiger partial charge in [-0.1, -0.05) is 35.4 Å². The zero-order valence-corrected chi connectivity index (χ0v) is 13.1. The second kappa shape index (κ2) is 7.48. The number of hydrogen-bond donors (Lipinski definition) is 1. The number of halogens is 2. The Morgan fingerprint density at radius 1 is 1.24 bits per heavy atom. The van der Waals surface area contributed by atoms with Gasteiger partial charge in [0.25, 0.3) is 0 Å². The summed E-state index contributed by atoms with van der Waals surface area (Å²) in [5.41, 5.74) is 2.46. The summed E-state index contributed by atoms with van der Waals surface area (Å²) in [5.74, 6) is 0.271. The Bertz CT molecular complexity index is 631. The first-order chi connectivity index (χ1) is 10.0. The molecule has 21 heavy (non-hydrogen) atoms. The summed E-state index contributed by atoms with van der Waals surface area (Å²) in [5, 5.41) is 3.18. The van der Waals surface area contributed by atoms with Gasteiger partial charge in [0, 0.05) is 16.5 Å². The monoisotopic (exact) mass is 323 g/mol. The van der Waals surface area contributed by atoms with Crippen LogP contribution in [0.4, 0.5) is 10.1 Å². The van der Waals surface area contributed by atoms with E-state index in [1.54, 1.807) is 12.1 Å². The predicted molar refractivity (Wildman–Crippen MR) is 87.4 cm³/mol. The summed E-state index contributed by atoms with van der Waals surface area (Å²) < 4.78 is 13.6. The van der Waals surface area contributed by atoms with E-state index in [-0.39, 0.29) is 17.5 Å². The zero-order chi connectivity index (χ0) is 15.2. The van der Waals surface area contributed by atoms with Crippen LogP contribution in [0.5, 0.6) is 0 Å². The number of aryl methyl sites for hydroxylation is 1. The maximum Gasteiger partial charge on any atom is 0.234 e. The van der Waals surface area contributed by atoms with Crippen LogP contribution in [0.2, 0.25) is 5.02 Å². The number of anilines is 1. The van der Waals surface area contributed by atoms with Gasteiger partial charge in [-0.2, -0.15) is 0 Å². The third-order valence-corrected chi connectivity index (χ3v) is 4.06. The number of nitrogens with one attached hydrogen (secondary N) is 1. The maximum atomic E-state index is 13.6. The molecule has 0 radical (unpaired) electrons. The molecule has 0 aliphatic carbocycles. The Balaban J connectivity index is 1.80. The molecule has 0 saturated carbocycles. The lowest BCUT2D eigenvalue weighted by Crippen LogP contribution is -2.14. The number of rotatable bonds is 5. The molecule has 1 N–H and O–H groups in total. The van der Waals surface area contributed by atoms with E-state index in [9.17, 15) is 9.18 Å². The summed E-state index contributed by atoms with van der Waals surface area (Å²) in [6.07, 6.45) is 0. The average molecular weight is 324 g/mol. The van der Waals surface area contributed by atoms with Crippen LogP contribution in [0.25, 0.3) is 0 Å². The minimum absolute atomic E-state index is 0.0989. The number of hydrogen-bond acceptors (Lipinski definition) is 2. The van der Waals surface area contributed by atoms with Gasteiger partial charge in [-0.25, -0.2) is 4.39 Å².